The van der Waals surface area contributed by atoms with Gasteiger partial charge in [-0.05, 0) is 37.0 Å². The summed E-state index contributed by atoms with van der Waals surface area (Å²) in [5, 5.41) is 15.9. The normalized spacial score (nSPS) is 25.1. The first-order chi connectivity index (χ1) is 10.2. The van der Waals surface area contributed by atoms with E-state index in [1.54, 1.807) is 0 Å². The van der Waals surface area contributed by atoms with Gasteiger partial charge in [0.2, 0.25) is 5.91 Å². The van der Waals surface area contributed by atoms with Crippen LogP contribution in [-0.2, 0) is 11.2 Å². The van der Waals surface area contributed by atoms with Crippen molar-refractivity contribution in [2.24, 2.45) is 5.92 Å². The van der Waals surface area contributed by atoms with Crippen LogP contribution in [-0.4, -0.2) is 23.7 Å². The first kappa shape index (κ1) is 14.2. The van der Waals surface area contributed by atoms with Crippen molar-refractivity contribution in [3.05, 3.63) is 17.7 Å². The van der Waals surface area contributed by atoms with Gasteiger partial charge in [-0.15, -0.1) is 0 Å². The number of fused-ring (bicyclic) bond motifs is 1. The molecule has 1 fully saturated rings. The number of rotatable bonds is 3. The maximum Gasteiger partial charge on any atom is 0.224 e. The molecule has 2 unspecified atom stereocenters. The lowest BCUT2D eigenvalue weighted by Crippen LogP contribution is -2.34. The predicted molar refractivity (Wildman–Crippen MR) is 84.3 cm³/mol. The van der Waals surface area contributed by atoms with Crippen molar-refractivity contribution < 1.29 is 9.90 Å². The number of nitrogens with two attached hydrogens (primary N) is 1. The molecule has 5 heteroatoms. The van der Waals surface area contributed by atoms with E-state index in [-0.39, 0.29) is 18.6 Å². The Hall–Kier alpha value is -1.75. The Kier molecular flexibility index (Phi) is 4.01. The van der Waals surface area contributed by atoms with E-state index in [0.717, 1.165) is 36.2 Å². The van der Waals surface area contributed by atoms with Crippen LogP contribution in [0.1, 0.15) is 37.7 Å². The van der Waals surface area contributed by atoms with Crippen molar-refractivity contribution in [1.29, 1.82) is 0 Å². The molecule has 21 heavy (non-hydrogen) atoms. The fourth-order valence-electron chi connectivity index (χ4n) is 3.39. The lowest BCUT2D eigenvalue weighted by atomic mass is 9.85. The van der Waals surface area contributed by atoms with Crippen LogP contribution in [0.2, 0.25) is 0 Å². The number of nitrogen functional groups attached to an aromatic ring is 1. The lowest BCUT2D eigenvalue weighted by molar-refractivity contribution is -0.116. The molecule has 1 amide bonds. The largest absolute Gasteiger partial charge is 0.397 e. The van der Waals surface area contributed by atoms with Crippen molar-refractivity contribution in [2.75, 3.05) is 23.0 Å². The molecule has 1 aromatic carbocycles. The zero-order chi connectivity index (χ0) is 14.8. The number of anilines is 3. The Morgan fingerprint density at radius 1 is 1.29 bits per heavy atom. The van der Waals surface area contributed by atoms with Crippen molar-refractivity contribution in [3.63, 3.8) is 0 Å². The average Bonchev–Trinajstić information content (AvgIpc) is 2.49. The molecule has 1 aliphatic carbocycles. The number of aliphatic hydroxyl groups is 1. The summed E-state index contributed by atoms with van der Waals surface area (Å²) in [4.78, 5) is 11.4. The van der Waals surface area contributed by atoms with Crippen LogP contribution >= 0.6 is 0 Å². The van der Waals surface area contributed by atoms with E-state index in [1.807, 2.05) is 12.1 Å². The average molecular weight is 289 g/mol. The summed E-state index contributed by atoms with van der Waals surface area (Å²) in [6.45, 7) is 0.221. The number of carbonyl (C=O) groups excluding carboxylic acids is 1. The number of aliphatic hydroxyl groups excluding tert-OH is 1. The first-order valence-corrected chi connectivity index (χ1v) is 7.77. The Morgan fingerprint density at radius 2 is 2.10 bits per heavy atom. The second-order valence-electron chi connectivity index (χ2n) is 6.12. The van der Waals surface area contributed by atoms with Crippen LogP contribution < -0.4 is 16.4 Å². The van der Waals surface area contributed by atoms with Gasteiger partial charge in [-0.3, -0.25) is 4.79 Å². The molecule has 5 nitrogen and oxygen atoms in total. The van der Waals surface area contributed by atoms with Gasteiger partial charge in [0.25, 0.3) is 0 Å². The maximum atomic E-state index is 11.4. The molecule has 2 atom stereocenters. The number of hydrogen-bond donors (Lipinski definition) is 4. The van der Waals surface area contributed by atoms with Crippen LogP contribution in [0.4, 0.5) is 17.1 Å². The number of benzene rings is 1. The lowest BCUT2D eigenvalue weighted by Gasteiger charge is -2.32. The minimum absolute atomic E-state index is 0.0511. The molecule has 0 radical (unpaired) electrons. The highest BCUT2D eigenvalue weighted by Crippen LogP contribution is 2.34. The molecule has 1 saturated carbocycles. The van der Waals surface area contributed by atoms with Gasteiger partial charge in [-0.1, -0.05) is 12.8 Å². The highest BCUT2D eigenvalue weighted by Gasteiger charge is 2.25. The van der Waals surface area contributed by atoms with E-state index >= 15 is 0 Å². The van der Waals surface area contributed by atoms with E-state index in [1.165, 1.54) is 12.8 Å². The van der Waals surface area contributed by atoms with Gasteiger partial charge in [0.05, 0.1) is 11.4 Å². The molecule has 0 aromatic heterocycles. The van der Waals surface area contributed by atoms with Crippen LogP contribution in [0.25, 0.3) is 0 Å². The van der Waals surface area contributed by atoms with Crippen LogP contribution in [0.5, 0.6) is 0 Å². The van der Waals surface area contributed by atoms with Crippen molar-refractivity contribution in [1.82, 2.24) is 0 Å². The summed E-state index contributed by atoms with van der Waals surface area (Å²) in [5.74, 6) is 0.351. The van der Waals surface area contributed by atoms with Gasteiger partial charge in [0.1, 0.15) is 0 Å². The molecule has 2 aliphatic rings. The molecule has 3 rings (SSSR count). The predicted octanol–water partition coefficient (Wildman–Crippen LogP) is 2.12. The second-order valence-corrected chi connectivity index (χ2v) is 6.12. The second kappa shape index (κ2) is 5.93. The fourth-order valence-corrected chi connectivity index (χ4v) is 3.39. The Bertz CT molecular complexity index is 545. The number of carbonyl (C=O) groups is 1. The van der Waals surface area contributed by atoms with Crippen molar-refractivity contribution in [3.8, 4) is 0 Å². The van der Waals surface area contributed by atoms with Crippen LogP contribution in [0.3, 0.4) is 0 Å². The quantitative estimate of drug-likeness (QED) is 0.642. The minimum atomic E-state index is 0.0511. The third kappa shape index (κ3) is 2.97. The van der Waals surface area contributed by atoms with E-state index < -0.39 is 0 Å². The van der Waals surface area contributed by atoms with E-state index in [9.17, 15) is 9.90 Å². The first-order valence-electron chi connectivity index (χ1n) is 7.77. The molecule has 1 heterocycles. The summed E-state index contributed by atoms with van der Waals surface area (Å²) < 4.78 is 0. The molecule has 0 spiro atoms. The summed E-state index contributed by atoms with van der Waals surface area (Å²) in [5.41, 5.74) is 9.65. The monoisotopic (exact) mass is 289 g/mol. The number of hydrogen-bond acceptors (Lipinski definition) is 4. The summed E-state index contributed by atoms with van der Waals surface area (Å²) >= 11 is 0. The van der Waals surface area contributed by atoms with Gasteiger partial charge in [-0.2, -0.15) is 0 Å². The topological polar surface area (TPSA) is 87.4 Å². The Labute approximate surface area is 124 Å². The SMILES string of the molecule is Nc1cc2c(cc1NC1CCCCC1CO)CCC(=O)N2. The maximum absolute atomic E-state index is 11.4. The summed E-state index contributed by atoms with van der Waals surface area (Å²) in [6.07, 6.45) is 5.79. The zero-order valence-corrected chi connectivity index (χ0v) is 12.2. The molecule has 1 aliphatic heterocycles. The van der Waals surface area contributed by atoms with Crippen molar-refractivity contribution in [2.45, 2.75) is 44.6 Å². The standard InChI is InChI=1S/C16H23N3O2/c17-12-8-14-10(5-6-16(21)19-14)7-15(12)18-13-4-2-1-3-11(13)9-20/h7-8,11,13,18,20H,1-6,9,17H2,(H,19,21). The molecule has 0 bridgehead atoms. The molecule has 114 valence electrons. The third-order valence-electron chi connectivity index (χ3n) is 4.66. The number of aryl methyl sites for hydroxylation is 1. The van der Waals surface area contributed by atoms with Gasteiger partial charge in [0, 0.05) is 30.7 Å². The number of amides is 1. The smallest absolute Gasteiger partial charge is 0.224 e. The van der Waals surface area contributed by atoms with Gasteiger partial charge in [-0.25, -0.2) is 0 Å². The molecule has 1 aromatic rings. The zero-order valence-electron chi connectivity index (χ0n) is 12.2. The summed E-state index contributed by atoms with van der Waals surface area (Å²) in [6, 6.07) is 4.17. The molecular weight excluding hydrogens is 266 g/mol. The third-order valence-corrected chi connectivity index (χ3v) is 4.66. The molecule has 0 saturated heterocycles. The Morgan fingerprint density at radius 3 is 2.90 bits per heavy atom. The van der Waals surface area contributed by atoms with E-state index in [2.05, 4.69) is 10.6 Å². The van der Waals surface area contributed by atoms with Crippen LogP contribution in [0.15, 0.2) is 12.1 Å². The van der Waals surface area contributed by atoms with Gasteiger partial charge in [0.15, 0.2) is 0 Å². The fraction of sp³-hybridized carbons (Fsp3) is 0.562. The minimum Gasteiger partial charge on any atom is -0.397 e. The Balaban J connectivity index is 1.80. The van der Waals surface area contributed by atoms with Crippen LogP contribution in [0, 0.1) is 5.92 Å². The highest BCUT2D eigenvalue weighted by molar-refractivity contribution is 5.95. The van der Waals surface area contributed by atoms with Gasteiger partial charge < -0.3 is 21.5 Å². The number of nitrogens with one attached hydrogen (secondary N) is 2. The van der Waals surface area contributed by atoms with Crippen molar-refractivity contribution >= 4 is 23.0 Å². The molecule has 5 N–H and O–H groups in total. The van der Waals surface area contributed by atoms with Gasteiger partial charge >= 0.3 is 0 Å². The summed E-state index contributed by atoms with van der Waals surface area (Å²) in [7, 11) is 0. The van der Waals surface area contributed by atoms with E-state index in [0.29, 0.717) is 18.0 Å². The highest BCUT2D eigenvalue weighted by atomic mass is 16.3. The molecular formula is C16H23N3O2. The van der Waals surface area contributed by atoms with E-state index in [4.69, 9.17) is 5.73 Å².